The Kier molecular flexibility index (Phi) is 5.62. The molecule has 2 saturated carbocycles. The van der Waals surface area contributed by atoms with E-state index >= 15 is 0 Å². The number of esters is 1. The predicted molar refractivity (Wildman–Crippen MR) is 126 cm³/mol. The van der Waals surface area contributed by atoms with Crippen molar-refractivity contribution in [2.24, 2.45) is 16.7 Å². The third-order valence-electron chi connectivity index (χ3n) is 9.64. The van der Waals surface area contributed by atoms with Gasteiger partial charge in [-0.15, -0.1) is 0 Å². The molecule has 5 N–H and O–H groups in total. The lowest BCUT2D eigenvalue weighted by atomic mass is 9.45. The molecule has 9 nitrogen and oxygen atoms in total. The largest absolute Gasteiger partial charge is 0.455 e. The first-order valence-corrected chi connectivity index (χ1v) is 12.3. The van der Waals surface area contributed by atoms with E-state index in [1.807, 2.05) is 0 Å². The second kappa shape index (κ2) is 7.93. The molecule has 0 radical (unpaired) electrons. The van der Waals surface area contributed by atoms with Gasteiger partial charge in [-0.1, -0.05) is 32.0 Å². The lowest BCUT2D eigenvalue weighted by Gasteiger charge is -2.66. The first-order chi connectivity index (χ1) is 16.7. The van der Waals surface area contributed by atoms with Crippen molar-refractivity contribution >= 4 is 11.8 Å². The minimum Gasteiger partial charge on any atom is -0.455 e. The number of aliphatic hydroxyl groups is 5. The summed E-state index contributed by atoms with van der Waals surface area (Å²) in [5.41, 5.74) is -6.24. The van der Waals surface area contributed by atoms with Gasteiger partial charge in [0, 0.05) is 24.2 Å². The van der Waals surface area contributed by atoms with Crippen LogP contribution in [0.3, 0.4) is 0 Å². The van der Waals surface area contributed by atoms with E-state index in [4.69, 9.17) is 9.47 Å². The van der Waals surface area contributed by atoms with E-state index < -0.39 is 70.2 Å². The summed E-state index contributed by atoms with van der Waals surface area (Å²) in [5.74, 6) is -2.89. The standard InChI is InChI=1S/C27H34O9/c1-13-15(28)11-27(34)22(36-23(32)14-8-6-5-7-9-14)20-25(4,16(29)10-17-26(20,33)12-35-17)21(31)19(30)18(13)24(27,2)3/h5-9,15-17,19-20,22,28-30,33-34H,10-12H2,1-4H3/t15?,16?,17?,19?,20?,22?,25-,26?,27?/m1/s1. The Hall–Kier alpha value is -2.14. The normalized spacial score (nSPS) is 45.5. The fraction of sp³-hybridized carbons (Fsp3) is 0.630. The SMILES string of the molecule is CC1=C2C(O)C(=O)[C@]3(C)C(O)CC4OCC4(O)C3C(OC(=O)c3ccccc3)C(O)(CC1O)C2(C)C. The minimum absolute atomic E-state index is 0.0657. The number of ketones is 1. The summed E-state index contributed by atoms with van der Waals surface area (Å²) in [5, 5.41) is 57.9. The van der Waals surface area contributed by atoms with E-state index in [0.717, 1.165) is 0 Å². The van der Waals surface area contributed by atoms with Crippen molar-refractivity contribution in [1.29, 1.82) is 0 Å². The summed E-state index contributed by atoms with van der Waals surface area (Å²) in [4.78, 5) is 27.4. The molecule has 5 rings (SSSR count). The molecule has 0 spiro atoms. The van der Waals surface area contributed by atoms with Crippen LogP contribution in [-0.4, -0.2) is 85.6 Å². The monoisotopic (exact) mass is 502 g/mol. The maximum atomic E-state index is 14.0. The van der Waals surface area contributed by atoms with Gasteiger partial charge in [0.05, 0.1) is 35.9 Å². The van der Waals surface area contributed by atoms with Crippen LogP contribution in [0, 0.1) is 16.7 Å². The second-order valence-corrected chi connectivity index (χ2v) is 11.6. The van der Waals surface area contributed by atoms with E-state index in [-0.39, 0.29) is 30.6 Å². The maximum Gasteiger partial charge on any atom is 0.338 e. The molecule has 1 aliphatic heterocycles. The number of fused-ring (bicyclic) bond motifs is 5. The average molecular weight is 503 g/mol. The molecular formula is C27H34O9. The molecule has 1 saturated heterocycles. The van der Waals surface area contributed by atoms with Crippen LogP contribution in [0.2, 0.25) is 0 Å². The van der Waals surface area contributed by atoms with Crippen LogP contribution in [0.25, 0.3) is 0 Å². The van der Waals surface area contributed by atoms with E-state index in [9.17, 15) is 35.1 Å². The summed E-state index contributed by atoms with van der Waals surface area (Å²) in [6.45, 7) is 6.07. The van der Waals surface area contributed by atoms with Crippen molar-refractivity contribution < 1.29 is 44.6 Å². The molecule has 3 fully saturated rings. The lowest BCUT2D eigenvalue weighted by Crippen LogP contribution is -2.81. The molecule has 2 bridgehead atoms. The molecule has 1 heterocycles. The first kappa shape index (κ1) is 25.5. The molecule has 9 heteroatoms. The third-order valence-corrected chi connectivity index (χ3v) is 9.64. The van der Waals surface area contributed by atoms with Crippen LogP contribution in [-0.2, 0) is 14.3 Å². The van der Waals surface area contributed by atoms with Gasteiger partial charge >= 0.3 is 5.97 Å². The summed E-state index contributed by atoms with van der Waals surface area (Å²) in [7, 11) is 0. The van der Waals surface area contributed by atoms with E-state index in [1.165, 1.54) is 6.92 Å². The third kappa shape index (κ3) is 3.04. The van der Waals surface area contributed by atoms with Crippen molar-refractivity contribution in [2.75, 3.05) is 6.61 Å². The second-order valence-electron chi connectivity index (χ2n) is 11.6. The number of benzene rings is 1. The number of hydrogen-bond donors (Lipinski definition) is 5. The molecule has 3 aliphatic carbocycles. The number of hydrogen-bond acceptors (Lipinski definition) is 9. The van der Waals surface area contributed by atoms with Crippen LogP contribution < -0.4 is 0 Å². The van der Waals surface area contributed by atoms with Gasteiger partial charge in [-0.05, 0) is 37.1 Å². The quantitative estimate of drug-likeness (QED) is 0.287. The first-order valence-electron chi connectivity index (χ1n) is 12.3. The van der Waals surface area contributed by atoms with Crippen molar-refractivity contribution in [3.63, 3.8) is 0 Å². The average Bonchev–Trinajstić information content (AvgIpc) is 2.83. The molecular weight excluding hydrogens is 468 g/mol. The Balaban J connectivity index is 1.78. The number of carbonyl (C=O) groups excluding carboxylic acids is 2. The molecule has 0 aromatic heterocycles. The van der Waals surface area contributed by atoms with E-state index in [2.05, 4.69) is 0 Å². The fourth-order valence-electron chi connectivity index (χ4n) is 7.26. The highest BCUT2D eigenvalue weighted by molar-refractivity contribution is 5.94. The minimum atomic E-state index is -2.02. The van der Waals surface area contributed by atoms with E-state index in [0.29, 0.717) is 5.57 Å². The van der Waals surface area contributed by atoms with Crippen LogP contribution >= 0.6 is 0 Å². The Morgan fingerprint density at radius 3 is 2.31 bits per heavy atom. The topological polar surface area (TPSA) is 154 Å². The van der Waals surface area contributed by atoms with Gasteiger partial charge in [0.15, 0.2) is 5.78 Å². The van der Waals surface area contributed by atoms with Crippen LogP contribution in [0.4, 0.5) is 0 Å². The molecule has 36 heavy (non-hydrogen) atoms. The smallest absolute Gasteiger partial charge is 0.338 e. The number of rotatable bonds is 2. The fourth-order valence-corrected chi connectivity index (χ4v) is 7.26. The highest BCUT2D eigenvalue weighted by atomic mass is 16.6. The van der Waals surface area contributed by atoms with Crippen molar-refractivity contribution in [1.82, 2.24) is 0 Å². The molecule has 0 amide bonds. The summed E-state index contributed by atoms with van der Waals surface area (Å²) < 4.78 is 11.6. The zero-order valence-electron chi connectivity index (χ0n) is 20.8. The summed E-state index contributed by atoms with van der Waals surface area (Å²) in [6.07, 6.45) is -7.08. The highest BCUT2D eigenvalue weighted by Crippen LogP contribution is 2.62. The number of Topliss-reactive ketones (excluding diaryl/α,β-unsaturated/α-hetero) is 1. The van der Waals surface area contributed by atoms with Crippen LogP contribution in [0.1, 0.15) is 50.9 Å². The van der Waals surface area contributed by atoms with Gasteiger partial charge in [-0.3, -0.25) is 4.79 Å². The molecule has 1 aromatic rings. The van der Waals surface area contributed by atoms with E-state index in [1.54, 1.807) is 51.1 Å². The van der Waals surface area contributed by atoms with Gasteiger partial charge in [0.2, 0.25) is 0 Å². The number of aliphatic hydroxyl groups excluding tert-OH is 3. The maximum absolute atomic E-state index is 14.0. The van der Waals surface area contributed by atoms with Gasteiger partial charge in [-0.2, -0.15) is 0 Å². The zero-order chi connectivity index (χ0) is 26.4. The Morgan fingerprint density at radius 2 is 1.72 bits per heavy atom. The number of carbonyl (C=O) groups is 2. The molecule has 1 aromatic carbocycles. The number of ether oxygens (including phenoxy) is 2. The van der Waals surface area contributed by atoms with Gasteiger partial charge in [-0.25, -0.2) is 4.79 Å². The molecule has 4 aliphatic rings. The summed E-state index contributed by atoms with van der Waals surface area (Å²) >= 11 is 0. The van der Waals surface area contributed by atoms with Gasteiger partial charge in [0.1, 0.15) is 23.4 Å². The Bertz CT molecular complexity index is 1130. The Morgan fingerprint density at radius 1 is 1.08 bits per heavy atom. The van der Waals surface area contributed by atoms with Gasteiger partial charge in [0.25, 0.3) is 0 Å². The lowest BCUT2D eigenvalue weighted by molar-refractivity contribution is -0.343. The summed E-state index contributed by atoms with van der Waals surface area (Å²) in [6, 6.07) is 8.12. The molecule has 8 unspecified atom stereocenters. The highest BCUT2D eigenvalue weighted by Gasteiger charge is 2.76. The zero-order valence-corrected chi connectivity index (χ0v) is 20.8. The van der Waals surface area contributed by atoms with Crippen molar-refractivity contribution in [3.05, 3.63) is 47.0 Å². The van der Waals surface area contributed by atoms with Crippen molar-refractivity contribution in [3.8, 4) is 0 Å². The molecule has 196 valence electrons. The molecule has 9 atom stereocenters. The van der Waals surface area contributed by atoms with Gasteiger partial charge < -0.3 is 35.0 Å². The van der Waals surface area contributed by atoms with Crippen molar-refractivity contribution in [2.45, 2.75) is 82.3 Å². The predicted octanol–water partition coefficient (Wildman–Crippen LogP) is 0.511. The van der Waals surface area contributed by atoms with Crippen LogP contribution in [0.5, 0.6) is 0 Å². The Labute approximate surface area is 209 Å². The van der Waals surface area contributed by atoms with Crippen LogP contribution in [0.15, 0.2) is 41.5 Å².